The Morgan fingerprint density at radius 1 is 1.19 bits per heavy atom. The van der Waals surface area contributed by atoms with E-state index in [0.717, 1.165) is 12.8 Å². The summed E-state index contributed by atoms with van der Waals surface area (Å²) in [5.41, 5.74) is -0.815. The van der Waals surface area contributed by atoms with Gasteiger partial charge >= 0.3 is 0 Å². The zero-order chi connectivity index (χ0) is 12.4. The summed E-state index contributed by atoms with van der Waals surface area (Å²) in [6, 6.07) is 2.15. The van der Waals surface area contributed by atoms with E-state index in [1.165, 1.54) is 12.8 Å². The molecule has 0 bridgehead atoms. The molecule has 0 aliphatic heterocycles. The number of rotatable bonds is 8. The predicted molar refractivity (Wildman–Crippen MR) is 65.8 cm³/mol. The van der Waals surface area contributed by atoms with E-state index in [4.69, 9.17) is 5.26 Å². The summed E-state index contributed by atoms with van der Waals surface area (Å²) in [7, 11) is 0. The van der Waals surface area contributed by atoms with Crippen molar-refractivity contribution in [1.82, 2.24) is 5.32 Å². The van der Waals surface area contributed by atoms with E-state index in [-0.39, 0.29) is 5.91 Å². The second-order valence-electron chi connectivity index (χ2n) is 4.22. The van der Waals surface area contributed by atoms with E-state index < -0.39 is 5.41 Å². The monoisotopic (exact) mass is 224 g/mol. The lowest BCUT2D eigenvalue weighted by Crippen LogP contribution is -2.39. The Morgan fingerprint density at radius 2 is 1.81 bits per heavy atom. The summed E-state index contributed by atoms with van der Waals surface area (Å²) >= 11 is 0. The first-order chi connectivity index (χ1) is 7.66. The summed E-state index contributed by atoms with van der Waals surface area (Å²) in [6.07, 6.45) is 5.73. The van der Waals surface area contributed by atoms with Crippen molar-refractivity contribution in [2.24, 2.45) is 5.41 Å². The van der Waals surface area contributed by atoms with Gasteiger partial charge in [-0.05, 0) is 19.3 Å². The average molecular weight is 224 g/mol. The molecule has 0 rings (SSSR count). The number of carbonyl (C=O) groups is 1. The van der Waals surface area contributed by atoms with Crippen LogP contribution in [0.15, 0.2) is 0 Å². The molecule has 0 heterocycles. The van der Waals surface area contributed by atoms with Crippen LogP contribution in [0.4, 0.5) is 0 Å². The molecule has 1 amide bonds. The minimum absolute atomic E-state index is 0.100. The highest BCUT2D eigenvalue weighted by Crippen LogP contribution is 2.25. The molecule has 0 saturated heterocycles. The van der Waals surface area contributed by atoms with Gasteiger partial charge in [0.15, 0.2) is 0 Å². The number of unbranched alkanes of at least 4 members (excludes halogenated alkanes) is 3. The Bertz CT molecular complexity index is 239. The molecule has 3 nitrogen and oxygen atoms in total. The fourth-order valence-electron chi connectivity index (χ4n) is 1.70. The molecule has 0 aromatic rings. The lowest BCUT2D eigenvalue weighted by molar-refractivity contribution is -0.128. The van der Waals surface area contributed by atoms with Gasteiger partial charge < -0.3 is 5.32 Å². The molecule has 0 aromatic heterocycles. The summed E-state index contributed by atoms with van der Waals surface area (Å²) in [6.45, 7) is 6.64. The molecule has 0 atom stereocenters. The van der Waals surface area contributed by atoms with Crippen LogP contribution in [0.1, 0.15) is 59.3 Å². The van der Waals surface area contributed by atoms with Crippen LogP contribution in [0.5, 0.6) is 0 Å². The van der Waals surface area contributed by atoms with Crippen molar-refractivity contribution >= 4 is 5.91 Å². The van der Waals surface area contributed by atoms with Gasteiger partial charge in [0.25, 0.3) is 0 Å². The molecule has 1 N–H and O–H groups in total. The van der Waals surface area contributed by atoms with Crippen molar-refractivity contribution in [3.8, 4) is 6.07 Å². The molecular formula is C13H24N2O. The van der Waals surface area contributed by atoms with Crippen molar-refractivity contribution in [2.75, 3.05) is 6.54 Å². The third kappa shape index (κ3) is 4.22. The third-order valence-corrected chi connectivity index (χ3v) is 3.17. The Hall–Kier alpha value is -1.04. The van der Waals surface area contributed by atoms with Crippen LogP contribution in [0.3, 0.4) is 0 Å². The fourth-order valence-corrected chi connectivity index (χ4v) is 1.70. The number of hydrogen-bond acceptors (Lipinski definition) is 2. The maximum absolute atomic E-state index is 11.9. The Kier molecular flexibility index (Phi) is 7.62. The fraction of sp³-hybridized carbons (Fsp3) is 0.846. The van der Waals surface area contributed by atoms with E-state index in [1.54, 1.807) is 0 Å². The molecule has 0 radical (unpaired) electrons. The van der Waals surface area contributed by atoms with Gasteiger partial charge in [0.2, 0.25) is 5.91 Å². The number of nitriles is 1. The molecule has 0 aliphatic carbocycles. The molecule has 0 fully saturated rings. The lowest BCUT2D eigenvalue weighted by Gasteiger charge is -2.22. The average Bonchev–Trinajstić information content (AvgIpc) is 2.32. The van der Waals surface area contributed by atoms with Gasteiger partial charge in [0.05, 0.1) is 6.07 Å². The van der Waals surface area contributed by atoms with Crippen molar-refractivity contribution in [2.45, 2.75) is 59.3 Å². The summed E-state index contributed by atoms with van der Waals surface area (Å²) < 4.78 is 0. The summed E-state index contributed by atoms with van der Waals surface area (Å²) in [5, 5.41) is 12.0. The Balaban J connectivity index is 3.99. The molecule has 0 aromatic carbocycles. The molecule has 0 aliphatic rings. The SMILES string of the molecule is CCCCCCNC(=O)C(C#N)(CC)CC. The first kappa shape index (κ1) is 15.0. The van der Waals surface area contributed by atoms with Gasteiger partial charge in [-0.25, -0.2) is 0 Å². The minimum atomic E-state index is -0.815. The highest BCUT2D eigenvalue weighted by molar-refractivity contribution is 5.85. The lowest BCUT2D eigenvalue weighted by atomic mass is 9.83. The number of nitrogens with one attached hydrogen (secondary N) is 1. The number of carbonyl (C=O) groups excluding carboxylic acids is 1. The van der Waals surface area contributed by atoms with Crippen molar-refractivity contribution in [3.63, 3.8) is 0 Å². The summed E-state index contributed by atoms with van der Waals surface area (Å²) in [5.74, 6) is -0.100. The largest absolute Gasteiger partial charge is 0.355 e. The standard InChI is InChI=1S/C13H24N2O/c1-4-7-8-9-10-15-12(16)13(5-2,6-3)11-14/h4-10H2,1-3H3,(H,15,16). The van der Waals surface area contributed by atoms with E-state index in [1.807, 2.05) is 13.8 Å². The number of nitrogens with zero attached hydrogens (tertiary/aromatic N) is 1. The van der Waals surface area contributed by atoms with Crippen LogP contribution in [0.2, 0.25) is 0 Å². The first-order valence-electron chi connectivity index (χ1n) is 6.36. The van der Waals surface area contributed by atoms with E-state index >= 15 is 0 Å². The van der Waals surface area contributed by atoms with Gasteiger partial charge in [-0.1, -0.05) is 40.0 Å². The minimum Gasteiger partial charge on any atom is -0.355 e. The van der Waals surface area contributed by atoms with Crippen molar-refractivity contribution in [1.29, 1.82) is 5.26 Å². The topological polar surface area (TPSA) is 52.9 Å². The zero-order valence-electron chi connectivity index (χ0n) is 10.8. The Morgan fingerprint density at radius 3 is 2.25 bits per heavy atom. The number of amides is 1. The van der Waals surface area contributed by atoms with Crippen LogP contribution in [-0.2, 0) is 4.79 Å². The maximum atomic E-state index is 11.9. The summed E-state index contributed by atoms with van der Waals surface area (Å²) in [4.78, 5) is 11.9. The maximum Gasteiger partial charge on any atom is 0.240 e. The smallest absolute Gasteiger partial charge is 0.240 e. The van der Waals surface area contributed by atoms with Crippen LogP contribution < -0.4 is 5.32 Å². The first-order valence-corrected chi connectivity index (χ1v) is 6.36. The van der Waals surface area contributed by atoms with Gasteiger partial charge in [0.1, 0.15) is 5.41 Å². The molecule has 3 heteroatoms. The predicted octanol–water partition coefficient (Wildman–Crippen LogP) is 3.01. The second kappa shape index (κ2) is 8.15. The van der Waals surface area contributed by atoms with Crippen LogP contribution in [0.25, 0.3) is 0 Å². The highest BCUT2D eigenvalue weighted by Gasteiger charge is 2.34. The van der Waals surface area contributed by atoms with Crippen LogP contribution >= 0.6 is 0 Å². The molecular weight excluding hydrogens is 200 g/mol. The van der Waals surface area contributed by atoms with Crippen molar-refractivity contribution in [3.05, 3.63) is 0 Å². The Labute approximate surface area is 99.2 Å². The highest BCUT2D eigenvalue weighted by atomic mass is 16.2. The second-order valence-corrected chi connectivity index (χ2v) is 4.22. The van der Waals surface area contributed by atoms with Crippen molar-refractivity contribution < 1.29 is 4.79 Å². The molecule has 16 heavy (non-hydrogen) atoms. The van der Waals surface area contributed by atoms with Crippen LogP contribution in [-0.4, -0.2) is 12.5 Å². The van der Waals surface area contributed by atoms with Gasteiger partial charge in [-0.15, -0.1) is 0 Å². The zero-order valence-corrected chi connectivity index (χ0v) is 10.8. The normalized spacial score (nSPS) is 10.9. The molecule has 92 valence electrons. The van der Waals surface area contributed by atoms with Crippen LogP contribution in [0, 0.1) is 16.7 Å². The van der Waals surface area contributed by atoms with E-state index in [9.17, 15) is 4.79 Å². The molecule has 0 spiro atoms. The number of hydrogen-bond donors (Lipinski definition) is 1. The van der Waals surface area contributed by atoms with Gasteiger partial charge in [-0.3, -0.25) is 4.79 Å². The van der Waals surface area contributed by atoms with E-state index in [0.29, 0.717) is 19.4 Å². The van der Waals surface area contributed by atoms with E-state index in [2.05, 4.69) is 18.3 Å². The quantitative estimate of drug-likeness (QED) is 0.644. The third-order valence-electron chi connectivity index (χ3n) is 3.17. The molecule has 0 unspecified atom stereocenters. The molecule has 0 saturated carbocycles. The van der Waals surface area contributed by atoms with Gasteiger partial charge in [-0.2, -0.15) is 5.26 Å². The van der Waals surface area contributed by atoms with Gasteiger partial charge in [0, 0.05) is 6.54 Å².